The highest BCUT2D eigenvalue weighted by Crippen LogP contribution is 2.24. The monoisotopic (exact) mass is 239 g/mol. The van der Waals surface area contributed by atoms with Crippen molar-refractivity contribution >= 4 is 11.4 Å². The predicted molar refractivity (Wildman–Crippen MR) is 60.6 cm³/mol. The van der Waals surface area contributed by atoms with Gasteiger partial charge in [0, 0.05) is 6.07 Å². The van der Waals surface area contributed by atoms with Gasteiger partial charge in [-0.05, 0) is 6.07 Å². The molecule has 0 aliphatic rings. The minimum Gasteiger partial charge on any atom is -0.340 e. The van der Waals surface area contributed by atoms with Crippen LogP contribution in [0.3, 0.4) is 0 Å². The number of hydrogen-bond acceptors (Lipinski definition) is 6. The summed E-state index contributed by atoms with van der Waals surface area (Å²) in [6.07, 6.45) is 0. The van der Waals surface area contributed by atoms with E-state index >= 15 is 0 Å². The van der Waals surface area contributed by atoms with Gasteiger partial charge in [0.15, 0.2) is 5.57 Å². The van der Waals surface area contributed by atoms with Crippen molar-refractivity contribution in [3.05, 3.63) is 45.6 Å². The molecule has 0 radical (unpaired) electrons. The van der Waals surface area contributed by atoms with Gasteiger partial charge in [-0.3, -0.25) is 10.1 Å². The molecule has 0 saturated heterocycles. The lowest BCUT2D eigenvalue weighted by Gasteiger charge is -2.04. The van der Waals surface area contributed by atoms with Gasteiger partial charge in [0.25, 0.3) is 5.69 Å². The van der Waals surface area contributed by atoms with E-state index in [0.29, 0.717) is 0 Å². The molecule has 0 fully saturated rings. The van der Waals surface area contributed by atoms with E-state index in [-0.39, 0.29) is 17.1 Å². The number of nitro benzene ring substituents is 1. The number of nitrogens with one attached hydrogen (secondary N) is 1. The van der Waals surface area contributed by atoms with Crippen molar-refractivity contribution in [2.45, 2.75) is 0 Å². The third-order valence-corrected chi connectivity index (χ3v) is 1.95. The number of benzene rings is 1. The molecule has 0 aliphatic heterocycles. The highest BCUT2D eigenvalue weighted by atomic mass is 16.6. The zero-order chi connectivity index (χ0) is 13.5. The van der Waals surface area contributed by atoms with Crippen LogP contribution >= 0.6 is 0 Å². The lowest BCUT2D eigenvalue weighted by molar-refractivity contribution is -0.383. The Labute approximate surface area is 102 Å². The van der Waals surface area contributed by atoms with Crippen molar-refractivity contribution in [3.63, 3.8) is 0 Å². The second-order valence-electron chi connectivity index (χ2n) is 2.98. The Balaban J connectivity index is 3.26. The van der Waals surface area contributed by atoms with Crippen LogP contribution in [0.2, 0.25) is 0 Å². The maximum atomic E-state index is 10.7. The summed E-state index contributed by atoms with van der Waals surface area (Å²) in [6, 6.07) is 10.3. The van der Waals surface area contributed by atoms with Crippen LogP contribution in [0.15, 0.2) is 35.5 Å². The van der Waals surface area contributed by atoms with Crippen LogP contribution in [0.1, 0.15) is 0 Å². The molecule has 0 unspecified atom stereocenters. The number of nitrogens with zero attached hydrogens (tertiary/aromatic N) is 4. The predicted octanol–water partition coefficient (Wildman–Crippen LogP) is 1.83. The van der Waals surface area contributed by atoms with Crippen LogP contribution in [0.4, 0.5) is 11.4 Å². The van der Waals surface area contributed by atoms with Crippen LogP contribution in [-0.4, -0.2) is 4.92 Å². The van der Waals surface area contributed by atoms with E-state index in [2.05, 4.69) is 5.32 Å². The number of rotatable bonds is 3. The minimum absolute atomic E-state index is 0.0436. The van der Waals surface area contributed by atoms with Gasteiger partial charge in [0.1, 0.15) is 29.6 Å². The zero-order valence-corrected chi connectivity index (χ0v) is 8.91. The van der Waals surface area contributed by atoms with E-state index in [9.17, 15) is 10.1 Å². The van der Waals surface area contributed by atoms with E-state index < -0.39 is 10.5 Å². The van der Waals surface area contributed by atoms with Gasteiger partial charge >= 0.3 is 0 Å². The minimum atomic E-state index is -0.629. The number of anilines is 1. The standard InChI is InChI=1S/C11H5N5O2/c12-5-8(6-13)10(7-14)15-9-3-1-2-4-11(9)16(17)18/h1-4,15H. The summed E-state index contributed by atoms with van der Waals surface area (Å²) in [5, 5.41) is 39.2. The van der Waals surface area contributed by atoms with Crippen molar-refractivity contribution in [1.82, 2.24) is 0 Å². The molecular weight excluding hydrogens is 234 g/mol. The van der Waals surface area contributed by atoms with Gasteiger partial charge in [-0.2, -0.15) is 15.8 Å². The molecule has 0 aliphatic carbocycles. The summed E-state index contributed by atoms with van der Waals surface area (Å²) < 4.78 is 0. The normalized spacial score (nSPS) is 8.28. The zero-order valence-electron chi connectivity index (χ0n) is 8.91. The summed E-state index contributed by atoms with van der Waals surface area (Å²) >= 11 is 0. The Kier molecular flexibility index (Phi) is 3.98. The molecule has 0 atom stereocenters. The lowest BCUT2D eigenvalue weighted by atomic mass is 10.2. The second-order valence-corrected chi connectivity index (χ2v) is 2.98. The molecule has 1 rings (SSSR count). The summed E-state index contributed by atoms with van der Waals surface area (Å²) in [5.41, 5.74) is -0.965. The second kappa shape index (κ2) is 5.64. The van der Waals surface area contributed by atoms with E-state index in [4.69, 9.17) is 15.8 Å². The Bertz CT molecular complexity index is 627. The van der Waals surface area contributed by atoms with Crippen LogP contribution < -0.4 is 5.32 Å². The molecule has 0 spiro atoms. The highest BCUT2D eigenvalue weighted by Gasteiger charge is 2.15. The average molecular weight is 239 g/mol. The number of hydrogen-bond donors (Lipinski definition) is 1. The fourth-order valence-corrected chi connectivity index (χ4v) is 1.16. The Morgan fingerprint density at radius 1 is 1.17 bits per heavy atom. The topological polar surface area (TPSA) is 127 Å². The van der Waals surface area contributed by atoms with Crippen molar-refractivity contribution in [1.29, 1.82) is 15.8 Å². The Morgan fingerprint density at radius 2 is 1.78 bits per heavy atom. The van der Waals surface area contributed by atoms with Crippen molar-refractivity contribution in [2.24, 2.45) is 0 Å². The Hall–Kier alpha value is -3.37. The van der Waals surface area contributed by atoms with E-state index in [1.807, 2.05) is 0 Å². The lowest BCUT2D eigenvalue weighted by Crippen LogP contribution is -2.03. The van der Waals surface area contributed by atoms with Gasteiger partial charge in [-0.1, -0.05) is 12.1 Å². The molecule has 1 N–H and O–H groups in total. The number of nitro groups is 1. The van der Waals surface area contributed by atoms with Crippen LogP contribution in [-0.2, 0) is 0 Å². The summed E-state index contributed by atoms with van der Waals surface area (Å²) in [6.45, 7) is 0. The quantitative estimate of drug-likeness (QED) is 0.487. The maximum Gasteiger partial charge on any atom is 0.292 e. The number of allylic oxidation sites excluding steroid dienone is 2. The average Bonchev–Trinajstić information content (AvgIpc) is 2.39. The molecule has 0 bridgehead atoms. The van der Waals surface area contributed by atoms with Crippen molar-refractivity contribution < 1.29 is 4.92 Å². The first-order valence-electron chi connectivity index (χ1n) is 4.59. The van der Waals surface area contributed by atoms with Gasteiger partial charge < -0.3 is 5.32 Å². The molecule has 0 heterocycles. The van der Waals surface area contributed by atoms with E-state index in [0.717, 1.165) is 0 Å². The molecule has 0 saturated carbocycles. The third kappa shape index (κ3) is 2.60. The summed E-state index contributed by atoms with van der Waals surface area (Å²) in [7, 11) is 0. The number of para-hydroxylation sites is 2. The molecule has 1 aromatic carbocycles. The molecular formula is C11H5N5O2. The largest absolute Gasteiger partial charge is 0.340 e. The van der Waals surface area contributed by atoms with E-state index in [1.165, 1.54) is 36.4 Å². The maximum absolute atomic E-state index is 10.7. The molecule has 7 heteroatoms. The molecule has 86 valence electrons. The first-order chi connectivity index (χ1) is 8.63. The van der Waals surface area contributed by atoms with Crippen LogP contribution in [0, 0.1) is 44.1 Å². The van der Waals surface area contributed by atoms with Gasteiger partial charge in [0.05, 0.1) is 4.92 Å². The number of nitriles is 3. The first-order valence-corrected chi connectivity index (χ1v) is 4.59. The summed E-state index contributed by atoms with van der Waals surface area (Å²) in [4.78, 5) is 10.1. The molecule has 18 heavy (non-hydrogen) atoms. The molecule has 1 aromatic rings. The summed E-state index contributed by atoms with van der Waals surface area (Å²) in [5.74, 6) is 0. The molecule has 0 aromatic heterocycles. The van der Waals surface area contributed by atoms with Gasteiger partial charge in [-0.25, -0.2) is 0 Å². The van der Waals surface area contributed by atoms with Crippen LogP contribution in [0.25, 0.3) is 0 Å². The van der Waals surface area contributed by atoms with E-state index in [1.54, 1.807) is 6.07 Å². The van der Waals surface area contributed by atoms with Crippen molar-refractivity contribution in [2.75, 3.05) is 5.32 Å². The first kappa shape index (κ1) is 12.7. The smallest absolute Gasteiger partial charge is 0.292 e. The SMILES string of the molecule is N#CC(C#N)=C(C#N)Nc1ccccc1[N+](=O)[O-]. The van der Waals surface area contributed by atoms with Crippen LogP contribution in [0.5, 0.6) is 0 Å². The molecule has 7 nitrogen and oxygen atoms in total. The fourth-order valence-electron chi connectivity index (χ4n) is 1.16. The third-order valence-electron chi connectivity index (χ3n) is 1.95. The van der Waals surface area contributed by atoms with Gasteiger partial charge in [0.2, 0.25) is 0 Å². The fraction of sp³-hybridized carbons (Fsp3) is 0. The van der Waals surface area contributed by atoms with Gasteiger partial charge in [-0.15, -0.1) is 0 Å². The van der Waals surface area contributed by atoms with Crippen molar-refractivity contribution in [3.8, 4) is 18.2 Å². The highest BCUT2D eigenvalue weighted by molar-refractivity contribution is 5.67. The Morgan fingerprint density at radius 3 is 2.28 bits per heavy atom. The molecule has 0 amide bonds.